The zero-order valence-corrected chi connectivity index (χ0v) is 38.9. The minimum Gasteiger partial charge on any atom is -0.461 e. The van der Waals surface area contributed by atoms with Crippen LogP contribution in [0.25, 0.3) is 0 Å². The fourth-order valence-electron chi connectivity index (χ4n) is 9.31. The molecule has 4 aliphatic rings. The van der Waals surface area contributed by atoms with Gasteiger partial charge in [-0.05, 0) is 97.9 Å². The molecule has 16 nitrogen and oxygen atoms in total. The topological polar surface area (TPSA) is 188 Å². The number of hydroxylamine groups is 4. The molecule has 10 unspecified atom stereocenters. The van der Waals surface area contributed by atoms with Crippen molar-refractivity contribution in [1.29, 1.82) is 0 Å². The van der Waals surface area contributed by atoms with Crippen molar-refractivity contribution in [3.8, 4) is 0 Å². The lowest BCUT2D eigenvalue weighted by molar-refractivity contribution is -0.334. The Morgan fingerprint density at radius 2 is 1.21 bits per heavy atom. The van der Waals surface area contributed by atoms with Crippen LogP contribution in [0.1, 0.15) is 135 Å². The van der Waals surface area contributed by atoms with Crippen LogP contribution in [0.5, 0.6) is 0 Å². The van der Waals surface area contributed by atoms with E-state index in [0.29, 0.717) is 56.1 Å². The fourth-order valence-corrected chi connectivity index (χ4v) is 9.31. The number of amides is 2. The first-order chi connectivity index (χ1) is 29.6. The SMILES string of the molecule is C=CC(=O)OCCNC(=O)C(C)ON1C2(C)CCCC3(C)C(C)C(CC(C)(CC)N3OC(C)C(=O)NCCOC(=O)C=C)OC(=O)c3ccc(cc3)C(=O)OC(C2)C(C)C1(C)CC. The molecule has 16 heteroatoms. The summed E-state index contributed by atoms with van der Waals surface area (Å²) < 4.78 is 22.7. The van der Waals surface area contributed by atoms with Gasteiger partial charge in [-0.2, -0.15) is 10.1 Å². The minimum absolute atomic E-state index is 0.0314. The van der Waals surface area contributed by atoms with E-state index < -0.39 is 82.3 Å². The van der Waals surface area contributed by atoms with Crippen molar-refractivity contribution < 1.29 is 57.4 Å². The Hall–Kier alpha value is -4.64. The average molecular weight is 883 g/mol. The molecule has 63 heavy (non-hydrogen) atoms. The Bertz CT molecular complexity index is 1810. The molecule has 4 aliphatic heterocycles. The van der Waals surface area contributed by atoms with Crippen molar-refractivity contribution in [1.82, 2.24) is 20.8 Å². The van der Waals surface area contributed by atoms with Gasteiger partial charge < -0.3 is 29.6 Å². The van der Waals surface area contributed by atoms with E-state index in [2.05, 4.69) is 44.6 Å². The number of piperidine rings is 2. The summed E-state index contributed by atoms with van der Waals surface area (Å²) in [6.45, 7) is 26.6. The van der Waals surface area contributed by atoms with E-state index in [4.69, 9.17) is 28.6 Å². The van der Waals surface area contributed by atoms with Gasteiger partial charge in [0.2, 0.25) is 0 Å². The second-order valence-corrected chi connectivity index (χ2v) is 18.1. The monoisotopic (exact) mass is 882 g/mol. The third-order valence-electron chi connectivity index (χ3n) is 13.9. The average Bonchev–Trinajstić information content (AvgIpc) is 3.26. The van der Waals surface area contributed by atoms with Gasteiger partial charge in [0.15, 0.2) is 12.2 Å². The van der Waals surface area contributed by atoms with Crippen LogP contribution in [0.4, 0.5) is 0 Å². The second-order valence-electron chi connectivity index (χ2n) is 18.1. The van der Waals surface area contributed by atoms with Crippen LogP contribution in [-0.4, -0.2) is 119 Å². The van der Waals surface area contributed by atoms with E-state index in [-0.39, 0.29) is 38.1 Å². The lowest BCUT2D eigenvalue weighted by atomic mass is 9.66. The highest BCUT2D eigenvalue weighted by Crippen LogP contribution is 2.51. The predicted octanol–water partition coefficient (Wildman–Crippen LogP) is 5.79. The first-order valence-electron chi connectivity index (χ1n) is 22.2. The Kier molecular flexibility index (Phi) is 17.3. The number of nitrogens with one attached hydrogen (secondary N) is 2. The molecule has 5 rings (SSSR count). The van der Waals surface area contributed by atoms with Gasteiger partial charge in [0.05, 0.1) is 29.8 Å². The molecule has 2 N–H and O–H groups in total. The molecule has 2 saturated heterocycles. The molecule has 0 aliphatic carbocycles. The summed E-state index contributed by atoms with van der Waals surface area (Å²) in [4.78, 5) is 91.0. The Balaban J connectivity index is 1.74. The number of rotatable bonds is 16. The standard InChI is InChI=1S/C47H70N4O12/c1-13-38(52)58-26-24-48-40(54)32(7)62-50-44(9,15-3)28-36-31(6)47(50,12)23-17-22-45(10)29-37(61-43(57)35-20-18-34(19-21-35)42(56)60-36)30(5)46(11,16-4)51(45)63-33(8)41(55)49-25-27-59-39(53)14-2/h13-14,18-21,30-33,36-37H,1-2,15-17,22-29H2,3-12H3,(H,48,54)(H,49,55). The van der Waals surface area contributed by atoms with E-state index in [9.17, 15) is 28.8 Å². The lowest BCUT2D eigenvalue weighted by Gasteiger charge is -2.60. The van der Waals surface area contributed by atoms with Crippen LogP contribution in [0.15, 0.2) is 49.6 Å². The molecule has 0 radical (unpaired) electrons. The highest BCUT2D eigenvalue weighted by molar-refractivity contribution is 5.93. The van der Waals surface area contributed by atoms with Crippen LogP contribution >= 0.6 is 0 Å². The van der Waals surface area contributed by atoms with Crippen LogP contribution < -0.4 is 10.6 Å². The van der Waals surface area contributed by atoms with Crippen LogP contribution in [0, 0.1) is 11.8 Å². The number of hydrogen-bond donors (Lipinski definition) is 2. The molecule has 1 aromatic rings. The number of carbonyl (C=O) groups excluding carboxylic acids is 6. The number of benzene rings is 1. The number of nitrogens with zero attached hydrogens (tertiary/aromatic N) is 2. The van der Waals surface area contributed by atoms with Crippen molar-refractivity contribution in [3.63, 3.8) is 0 Å². The number of fused-ring (bicyclic) bond motifs is 6. The van der Waals surface area contributed by atoms with Crippen molar-refractivity contribution in [2.75, 3.05) is 26.3 Å². The molecular weight excluding hydrogens is 813 g/mol. The maximum Gasteiger partial charge on any atom is 0.338 e. The Morgan fingerprint density at radius 3 is 1.65 bits per heavy atom. The van der Waals surface area contributed by atoms with Gasteiger partial charge in [-0.1, -0.05) is 40.9 Å². The smallest absolute Gasteiger partial charge is 0.338 e. The first-order valence-corrected chi connectivity index (χ1v) is 22.2. The van der Waals surface area contributed by atoms with E-state index in [1.807, 2.05) is 44.7 Å². The molecule has 2 amide bonds. The third-order valence-corrected chi connectivity index (χ3v) is 13.9. The lowest BCUT2D eigenvalue weighted by Crippen LogP contribution is -2.70. The quantitative estimate of drug-likeness (QED) is 0.0879. The number of hydrogen-bond acceptors (Lipinski definition) is 14. The molecule has 0 saturated carbocycles. The summed E-state index contributed by atoms with van der Waals surface area (Å²) >= 11 is 0. The summed E-state index contributed by atoms with van der Waals surface area (Å²) in [6.07, 6.45) is 2.70. The maximum atomic E-state index is 13.8. The van der Waals surface area contributed by atoms with Crippen LogP contribution in [0.2, 0.25) is 0 Å². The molecule has 1 aromatic carbocycles. The second kappa shape index (κ2) is 21.4. The molecule has 6 bridgehead atoms. The molecule has 0 spiro atoms. The van der Waals surface area contributed by atoms with Gasteiger partial charge in [-0.15, -0.1) is 0 Å². The molecular formula is C47H70N4O12. The van der Waals surface area contributed by atoms with Crippen LogP contribution in [0.3, 0.4) is 0 Å². The van der Waals surface area contributed by atoms with Crippen molar-refractivity contribution >= 4 is 35.7 Å². The van der Waals surface area contributed by atoms with Gasteiger partial charge in [-0.25, -0.2) is 19.2 Å². The summed E-state index contributed by atoms with van der Waals surface area (Å²) in [5.74, 6) is -3.56. The van der Waals surface area contributed by atoms with Gasteiger partial charge in [0.1, 0.15) is 25.4 Å². The van der Waals surface area contributed by atoms with E-state index in [0.717, 1.165) is 12.2 Å². The maximum absolute atomic E-state index is 13.8. The Morgan fingerprint density at radius 1 is 0.746 bits per heavy atom. The summed E-state index contributed by atoms with van der Waals surface area (Å²) in [6, 6.07) is 6.30. The fraction of sp³-hybridized carbons (Fsp3) is 0.660. The number of carbonyl (C=O) groups is 6. The normalized spacial score (nSPS) is 31.3. The molecule has 0 aromatic heterocycles. The van der Waals surface area contributed by atoms with Gasteiger partial charge in [0.25, 0.3) is 11.8 Å². The molecule has 10 atom stereocenters. The first kappa shape index (κ1) is 51.0. The zero-order valence-electron chi connectivity index (χ0n) is 38.9. The van der Waals surface area contributed by atoms with Crippen molar-refractivity contribution in [3.05, 3.63) is 60.7 Å². The number of esters is 4. The predicted molar refractivity (Wildman–Crippen MR) is 234 cm³/mol. The molecule has 4 heterocycles. The third kappa shape index (κ3) is 11.6. The molecule has 2 fully saturated rings. The van der Waals surface area contributed by atoms with Crippen molar-refractivity contribution in [2.24, 2.45) is 11.8 Å². The zero-order chi connectivity index (χ0) is 46.9. The minimum atomic E-state index is -0.945. The number of ether oxygens (including phenoxy) is 4. The Labute approximate surface area is 372 Å². The van der Waals surface area contributed by atoms with E-state index in [1.165, 1.54) is 0 Å². The highest BCUT2D eigenvalue weighted by atomic mass is 16.7. The van der Waals surface area contributed by atoms with E-state index in [1.54, 1.807) is 38.1 Å². The van der Waals surface area contributed by atoms with Crippen molar-refractivity contribution in [2.45, 2.75) is 161 Å². The van der Waals surface area contributed by atoms with Crippen LogP contribution in [-0.2, 0) is 47.8 Å². The largest absolute Gasteiger partial charge is 0.461 e. The summed E-state index contributed by atoms with van der Waals surface area (Å²) in [5.41, 5.74) is -2.44. The van der Waals surface area contributed by atoms with Gasteiger partial charge in [0, 0.05) is 53.4 Å². The van der Waals surface area contributed by atoms with E-state index >= 15 is 0 Å². The summed E-state index contributed by atoms with van der Waals surface area (Å²) in [5, 5.41) is 9.46. The molecule has 350 valence electrons. The highest BCUT2D eigenvalue weighted by Gasteiger charge is 2.59. The van der Waals surface area contributed by atoms with Gasteiger partial charge >= 0.3 is 23.9 Å². The summed E-state index contributed by atoms with van der Waals surface area (Å²) in [7, 11) is 0. The van der Waals surface area contributed by atoms with Gasteiger partial charge in [-0.3, -0.25) is 19.3 Å².